The monoisotopic (exact) mass is 330 g/mol. The zero-order chi connectivity index (χ0) is 17.4. The minimum absolute atomic E-state index is 0.192. The largest absolute Gasteiger partial charge is 0.334 e. The van der Waals surface area contributed by atoms with E-state index < -0.39 is 11.9 Å². The zero-order valence-corrected chi connectivity index (χ0v) is 12.9. The Kier molecular flexibility index (Phi) is 6.12. The fourth-order valence-electron chi connectivity index (χ4n) is 1.77. The highest BCUT2D eigenvalue weighted by molar-refractivity contribution is 5.78. The lowest BCUT2D eigenvalue weighted by molar-refractivity contribution is -0.152. The van der Waals surface area contributed by atoms with Crippen LogP contribution >= 0.6 is 0 Å². The quantitative estimate of drug-likeness (QED) is 0.579. The molecule has 0 unspecified atom stereocenters. The molecule has 0 bridgehead atoms. The first-order valence-electron chi connectivity index (χ1n) is 7.17. The van der Waals surface area contributed by atoms with Crippen LogP contribution in [0.15, 0.2) is 60.7 Å². The van der Waals surface area contributed by atoms with Crippen LogP contribution in [0, 0.1) is 0 Å². The summed E-state index contributed by atoms with van der Waals surface area (Å²) in [5.41, 5.74) is 1.01. The average molecular weight is 330 g/mol. The van der Waals surface area contributed by atoms with E-state index in [0.29, 0.717) is 11.4 Å². The van der Waals surface area contributed by atoms with Crippen molar-refractivity contribution in [2.75, 3.05) is 10.3 Å². The molecule has 0 fully saturated rings. The van der Waals surface area contributed by atoms with Crippen molar-refractivity contribution >= 4 is 23.3 Å². The van der Waals surface area contributed by atoms with E-state index in [4.69, 9.17) is 21.4 Å². The lowest BCUT2D eigenvalue weighted by atomic mass is 10.3. The van der Waals surface area contributed by atoms with Crippen molar-refractivity contribution in [1.29, 1.82) is 0 Å². The Bertz CT molecular complexity index is 607. The standard InChI is InChI=1S/C16H18N4O4/c17-19(13-7-3-1-4-8-13)23-15(21)11-12-16(22)24-20(18)14-9-5-2-6-10-14/h1-10H,11-12,17-18H2. The molecular formula is C16H18N4O4. The van der Waals surface area contributed by atoms with Gasteiger partial charge in [-0.05, 0) is 24.3 Å². The number of hydrogen-bond acceptors (Lipinski definition) is 8. The molecule has 0 heterocycles. The van der Waals surface area contributed by atoms with Crippen molar-refractivity contribution in [2.45, 2.75) is 12.8 Å². The van der Waals surface area contributed by atoms with Gasteiger partial charge in [0.05, 0.1) is 24.2 Å². The van der Waals surface area contributed by atoms with Crippen LogP contribution in [-0.2, 0) is 19.3 Å². The predicted octanol–water partition coefficient (Wildman–Crippen LogP) is 1.44. The molecule has 2 rings (SSSR count). The summed E-state index contributed by atoms with van der Waals surface area (Å²) in [7, 11) is 0. The Morgan fingerprint density at radius 2 is 1.04 bits per heavy atom. The summed E-state index contributed by atoms with van der Waals surface area (Å²) in [6.45, 7) is 0. The van der Waals surface area contributed by atoms with Gasteiger partial charge in [-0.15, -0.1) is 10.3 Å². The van der Waals surface area contributed by atoms with Crippen LogP contribution in [0.2, 0.25) is 0 Å². The van der Waals surface area contributed by atoms with Crippen LogP contribution in [0.3, 0.4) is 0 Å². The predicted molar refractivity (Wildman–Crippen MR) is 87.6 cm³/mol. The molecular weight excluding hydrogens is 312 g/mol. The molecule has 126 valence electrons. The smallest absolute Gasteiger partial charge is 0.325 e. The molecule has 0 saturated carbocycles. The van der Waals surface area contributed by atoms with Gasteiger partial charge in [-0.2, -0.15) is 0 Å². The number of anilines is 2. The summed E-state index contributed by atoms with van der Waals surface area (Å²) in [6.07, 6.45) is -0.385. The van der Waals surface area contributed by atoms with Crippen LogP contribution < -0.4 is 22.0 Å². The molecule has 0 aromatic heterocycles. The number of carbonyl (C=O) groups excluding carboxylic acids is 2. The second-order valence-electron chi connectivity index (χ2n) is 4.75. The van der Waals surface area contributed by atoms with Gasteiger partial charge in [0, 0.05) is 0 Å². The Hall–Kier alpha value is -3.10. The van der Waals surface area contributed by atoms with Crippen LogP contribution in [0.1, 0.15) is 12.8 Å². The van der Waals surface area contributed by atoms with Gasteiger partial charge < -0.3 is 9.68 Å². The van der Waals surface area contributed by atoms with E-state index in [1.807, 2.05) is 0 Å². The molecule has 8 heteroatoms. The van der Waals surface area contributed by atoms with Crippen molar-refractivity contribution in [3.63, 3.8) is 0 Å². The number of carbonyl (C=O) groups is 2. The highest BCUT2D eigenvalue weighted by atomic mass is 16.7. The number of benzene rings is 2. The van der Waals surface area contributed by atoms with Gasteiger partial charge in [0.25, 0.3) is 0 Å². The Morgan fingerprint density at radius 1 is 0.708 bits per heavy atom. The highest BCUT2D eigenvalue weighted by Gasteiger charge is 2.15. The van der Waals surface area contributed by atoms with Gasteiger partial charge >= 0.3 is 11.9 Å². The van der Waals surface area contributed by atoms with Crippen molar-refractivity contribution in [3.05, 3.63) is 60.7 Å². The second kappa shape index (κ2) is 8.51. The van der Waals surface area contributed by atoms with E-state index in [9.17, 15) is 9.59 Å². The van der Waals surface area contributed by atoms with Crippen LogP contribution in [0.4, 0.5) is 11.4 Å². The molecule has 0 aliphatic heterocycles. The van der Waals surface area contributed by atoms with Crippen LogP contribution in [0.5, 0.6) is 0 Å². The molecule has 0 aliphatic carbocycles. The maximum absolute atomic E-state index is 11.7. The first-order chi connectivity index (χ1) is 11.6. The highest BCUT2D eigenvalue weighted by Crippen LogP contribution is 2.12. The second-order valence-corrected chi connectivity index (χ2v) is 4.75. The number of nitrogens with two attached hydrogens (primary N) is 2. The third kappa shape index (κ3) is 5.27. The molecule has 24 heavy (non-hydrogen) atoms. The third-order valence-electron chi connectivity index (χ3n) is 2.95. The van der Waals surface area contributed by atoms with E-state index in [2.05, 4.69) is 0 Å². The van der Waals surface area contributed by atoms with Gasteiger partial charge in [-0.25, -0.2) is 21.3 Å². The molecule has 0 radical (unpaired) electrons. The summed E-state index contributed by atoms with van der Waals surface area (Å²) in [5.74, 6) is 9.88. The average Bonchev–Trinajstić information content (AvgIpc) is 2.61. The van der Waals surface area contributed by atoms with E-state index in [0.717, 1.165) is 10.3 Å². The molecule has 0 aliphatic rings. The van der Waals surface area contributed by atoms with Gasteiger partial charge in [-0.3, -0.25) is 0 Å². The van der Waals surface area contributed by atoms with Crippen LogP contribution in [-0.4, -0.2) is 11.9 Å². The zero-order valence-electron chi connectivity index (χ0n) is 12.9. The van der Waals surface area contributed by atoms with E-state index in [1.165, 1.54) is 0 Å². The number of para-hydroxylation sites is 2. The van der Waals surface area contributed by atoms with Crippen LogP contribution in [0.25, 0.3) is 0 Å². The van der Waals surface area contributed by atoms with Crippen molar-refractivity contribution in [3.8, 4) is 0 Å². The fraction of sp³-hybridized carbons (Fsp3) is 0.125. The SMILES string of the molecule is NN(OC(=O)CCC(=O)ON(N)c1ccccc1)c1ccccc1. The summed E-state index contributed by atoms with van der Waals surface area (Å²) < 4.78 is 0. The normalized spacial score (nSPS) is 9.92. The molecule has 0 atom stereocenters. The minimum atomic E-state index is -0.665. The molecule has 0 amide bonds. The van der Waals surface area contributed by atoms with Gasteiger partial charge in [-0.1, -0.05) is 36.4 Å². The fourth-order valence-corrected chi connectivity index (χ4v) is 1.77. The van der Waals surface area contributed by atoms with Gasteiger partial charge in [0.2, 0.25) is 0 Å². The molecule has 4 N–H and O–H groups in total. The Labute approximate surface area is 139 Å². The minimum Gasteiger partial charge on any atom is -0.325 e. The maximum atomic E-state index is 11.7. The van der Waals surface area contributed by atoms with E-state index in [1.54, 1.807) is 60.7 Å². The topological polar surface area (TPSA) is 111 Å². The third-order valence-corrected chi connectivity index (χ3v) is 2.95. The number of nitrogens with zero attached hydrogens (tertiary/aromatic N) is 2. The maximum Gasteiger partial charge on any atom is 0.334 e. The molecule has 0 spiro atoms. The first-order valence-corrected chi connectivity index (χ1v) is 7.17. The van der Waals surface area contributed by atoms with E-state index in [-0.39, 0.29) is 12.8 Å². The summed E-state index contributed by atoms with van der Waals surface area (Å²) in [6, 6.07) is 17.3. The number of hydrazine groups is 2. The van der Waals surface area contributed by atoms with Crippen molar-refractivity contribution < 1.29 is 19.3 Å². The molecule has 2 aromatic carbocycles. The lowest BCUT2D eigenvalue weighted by Gasteiger charge is -2.18. The van der Waals surface area contributed by atoms with Gasteiger partial charge in [0.15, 0.2) is 0 Å². The summed E-state index contributed by atoms with van der Waals surface area (Å²) >= 11 is 0. The van der Waals surface area contributed by atoms with Crippen molar-refractivity contribution in [1.82, 2.24) is 0 Å². The van der Waals surface area contributed by atoms with E-state index >= 15 is 0 Å². The van der Waals surface area contributed by atoms with Gasteiger partial charge in [0.1, 0.15) is 0 Å². The molecule has 8 nitrogen and oxygen atoms in total. The Morgan fingerprint density at radius 3 is 1.38 bits per heavy atom. The molecule has 2 aromatic rings. The number of rotatable bonds is 7. The molecule has 0 saturated heterocycles. The summed E-state index contributed by atoms with van der Waals surface area (Å²) in [4.78, 5) is 33.2. The summed E-state index contributed by atoms with van der Waals surface area (Å²) in [5, 5.41) is 1.68. The first kappa shape index (κ1) is 17.3. The Balaban J connectivity index is 1.74. The number of hydrogen-bond donors (Lipinski definition) is 2. The lowest BCUT2D eigenvalue weighted by Crippen LogP contribution is -2.35. The van der Waals surface area contributed by atoms with Crippen molar-refractivity contribution in [2.24, 2.45) is 11.7 Å².